The van der Waals surface area contributed by atoms with Gasteiger partial charge in [0.15, 0.2) is 6.61 Å². The second kappa shape index (κ2) is 8.47. The normalized spacial score (nSPS) is 11.2. The molecular weight excluding hydrogens is 377 g/mol. The van der Waals surface area contributed by atoms with Gasteiger partial charge in [-0.05, 0) is 24.3 Å². The SMILES string of the molecule is O=C(COC(=O)c1ccccc1C(F)(F)F)Nc1ccccc1OC(F)F. The minimum absolute atomic E-state index is 0.116. The number of carbonyl (C=O) groups excluding carboxylic acids is 2. The smallest absolute Gasteiger partial charge is 0.417 e. The van der Waals surface area contributed by atoms with E-state index in [-0.39, 0.29) is 11.4 Å². The third-order valence-corrected chi connectivity index (χ3v) is 3.16. The molecule has 0 atom stereocenters. The molecule has 10 heteroatoms. The van der Waals surface area contributed by atoms with Crippen LogP contribution in [0.1, 0.15) is 15.9 Å². The lowest BCUT2D eigenvalue weighted by Gasteiger charge is -2.13. The summed E-state index contributed by atoms with van der Waals surface area (Å²) in [6, 6.07) is 9.18. The summed E-state index contributed by atoms with van der Waals surface area (Å²) in [6.07, 6.45) is -4.77. The maximum Gasteiger partial charge on any atom is 0.417 e. The highest BCUT2D eigenvalue weighted by Gasteiger charge is 2.35. The molecule has 0 unspecified atom stereocenters. The number of nitrogens with one attached hydrogen (secondary N) is 1. The summed E-state index contributed by atoms with van der Waals surface area (Å²) in [7, 11) is 0. The standard InChI is InChI=1S/C17H12F5NO4/c18-16(19)27-13-8-4-3-7-12(13)23-14(24)9-26-15(25)10-5-1-2-6-11(10)17(20,21)22/h1-8,16H,9H2,(H,23,24). The molecule has 0 heterocycles. The number of hydrogen-bond donors (Lipinski definition) is 1. The van der Waals surface area contributed by atoms with E-state index in [1.165, 1.54) is 30.3 Å². The van der Waals surface area contributed by atoms with Crippen molar-refractivity contribution in [3.8, 4) is 5.75 Å². The number of anilines is 1. The molecule has 2 aromatic carbocycles. The molecule has 2 aromatic rings. The Balaban J connectivity index is 2.02. The number of alkyl halides is 5. The molecule has 1 amide bonds. The van der Waals surface area contributed by atoms with Gasteiger partial charge in [0.05, 0.1) is 16.8 Å². The Bertz CT molecular complexity index is 823. The van der Waals surface area contributed by atoms with Crippen LogP contribution in [-0.4, -0.2) is 25.1 Å². The van der Waals surface area contributed by atoms with Crippen molar-refractivity contribution in [2.75, 3.05) is 11.9 Å². The van der Waals surface area contributed by atoms with Gasteiger partial charge in [0.2, 0.25) is 0 Å². The predicted molar refractivity (Wildman–Crippen MR) is 83.4 cm³/mol. The van der Waals surface area contributed by atoms with Crippen molar-refractivity contribution in [1.29, 1.82) is 0 Å². The molecule has 0 aliphatic rings. The zero-order valence-electron chi connectivity index (χ0n) is 13.4. The molecule has 0 saturated carbocycles. The second-order valence-electron chi connectivity index (χ2n) is 5.04. The maximum atomic E-state index is 12.9. The van der Waals surface area contributed by atoms with Crippen molar-refractivity contribution >= 4 is 17.6 Å². The van der Waals surface area contributed by atoms with E-state index in [1.807, 2.05) is 0 Å². The van der Waals surface area contributed by atoms with Gasteiger partial charge in [0, 0.05) is 0 Å². The lowest BCUT2D eigenvalue weighted by molar-refractivity contribution is -0.138. The van der Waals surface area contributed by atoms with Crippen LogP contribution in [0, 0.1) is 0 Å². The molecule has 1 N–H and O–H groups in total. The number of carbonyl (C=O) groups is 2. The highest BCUT2D eigenvalue weighted by Crippen LogP contribution is 2.32. The first-order valence-corrected chi connectivity index (χ1v) is 7.35. The Morgan fingerprint density at radius 2 is 1.63 bits per heavy atom. The molecule has 0 spiro atoms. The van der Waals surface area contributed by atoms with Crippen LogP contribution in [0.15, 0.2) is 48.5 Å². The molecule has 0 aliphatic heterocycles. The summed E-state index contributed by atoms with van der Waals surface area (Å²) in [5, 5.41) is 2.17. The molecule has 144 valence electrons. The van der Waals surface area contributed by atoms with Crippen LogP contribution in [0.4, 0.5) is 27.6 Å². The fourth-order valence-electron chi connectivity index (χ4n) is 2.07. The zero-order valence-corrected chi connectivity index (χ0v) is 13.4. The number of hydrogen-bond acceptors (Lipinski definition) is 4. The first-order valence-electron chi connectivity index (χ1n) is 7.35. The van der Waals surface area contributed by atoms with E-state index >= 15 is 0 Å². The van der Waals surface area contributed by atoms with Crippen LogP contribution >= 0.6 is 0 Å². The quantitative estimate of drug-likeness (QED) is 0.597. The Kier molecular flexibility index (Phi) is 6.32. The number of halogens is 5. The Labute approximate surface area is 149 Å². The summed E-state index contributed by atoms with van der Waals surface area (Å²) in [6.45, 7) is -4.05. The summed E-state index contributed by atoms with van der Waals surface area (Å²) in [5.41, 5.74) is -2.07. The summed E-state index contributed by atoms with van der Waals surface area (Å²) in [5.74, 6) is -2.62. The highest BCUT2D eigenvalue weighted by atomic mass is 19.4. The largest absolute Gasteiger partial charge is 0.452 e. The van der Waals surface area contributed by atoms with Crippen molar-refractivity contribution in [3.05, 3.63) is 59.7 Å². The zero-order chi connectivity index (χ0) is 20.0. The minimum Gasteiger partial charge on any atom is -0.452 e. The first kappa shape index (κ1) is 20.1. The van der Waals surface area contributed by atoms with Gasteiger partial charge in [0.25, 0.3) is 5.91 Å². The van der Waals surface area contributed by atoms with Gasteiger partial charge in [-0.25, -0.2) is 4.79 Å². The first-order chi connectivity index (χ1) is 12.7. The lowest BCUT2D eigenvalue weighted by Crippen LogP contribution is -2.23. The van der Waals surface area contributed by atoms with Crippen LogP contribution in [-0.2, 0) is 15.7 Å². The fourth-order valence-corrected chi connectivity index (χ4v) is 2.07. The minimum atomic E-state index is -4.77. The van der Waals surface area contributed by atoms with Crippen molar-refractivity contribution in [2.45, 2.75) is 12.8 Å². The van der Waals surface area contributed by atoms with Crippen LogP contribution in [0.5, 0.6) is 5.75 Å². The average Bonchev–Trinajstić information content (AvgIpc) is 2.60. The number of para-hydroxylation sites is 2. The van der Waals surface area contributed by atoms with E-state index in [4.69, 9.17) is 0 Å². The molecule has 0 bridgehead atoms. The number of benzene rings is 2. The Morgan fingerprint density at radius 3 is 2.30 bits per heavy atom. The van der Waals surface area contributed by atoms with E-state index in [0.29, 0.717) is 6.07 Å². The van der Waals surface area contributed by atoms with Crippen LogP contribution in [0.3, 0.4) is 0 Å². The number of amides is 1. The van der Waals surface area contributed by atoms with Gasteiger partial charge in [-0.15, -0.1) is 0 Å². The fraction of sp³-hybridized carbons (Fsp3) is 0.176. The van der Waals surface area contributed by atoms with Crippen LogP contribution < -0.4 is 10.1 Å². The number of esters is 1. The molecule has 0 radical (unpaired) electrons. The molecular formula is C17H12F5NO4. The second-order valence-corrected chi connectivity index (χ2v) is 5.04. The van der Waals surface area contributed by atoms with Crippen molar-refractivity contribution < 1.29 is 41.0 Å². The Morgan fingerprint density at radius 1 is 1.00 bits per heavy atom. The molecule has 5 nitrogen and oxygen atoms in total. The van der Waals surface area contributed by atoms with Gasteiger partial charge in [-0.3, -0.25) is 4.79 Å². The van der Waals surface area contributed by atoms with E-state index in [2.05, 4.69) is 14.8 Å². The summed E-state index contributed by atoms with van der Waals surface area (Å²) in [4.78, 5) is 23.7. The molecule has 27 heavy (non-hydrogen) atoms. The average molecular weight is 389 g/mol. The molecule has 0 fully saturated rings. The van der Waals surface area contributed by atoms with Gasteiger partial charge in [0.1, 0.15) is 5.75 Å². The molecule has 0 aliphatic carbocycles. The van der Waals surface area contributed by atoms with E-state index in [0.717, 1.165) is 12.1 Å². The van der Waals surface area contributed by atoms with E-state index in [1.54, 1.807) is 0 Å². The molecule has 0 aromatic heterocycles. The predicted octanol–water partition coefficient (Wildman–Crippen LogP) is 4.10. The van der Waals surface area contributed by atoms with Gasteiger partial charge >= 0.3 is 18.8 Å². The van der Waals surface area contributed by atoms with Crippen molar-refractivity contribution in [1.82, 2.24) is 0 Å². The van der Waals surface area contributed by atoms with E-state index < -0.39 is 42.4 Å². The maximum absolute atomic E-state index is 12.9. The van der Waals surface area contributed by atoms with Crippen molar-refractivity contribution in [2.24, 2.45) is 0 Å². The third kappa shape index (κ3) is 5.66. The van der Waals surface area contributed by atoms with Crippen LogP contribution in [0.25, 0.3) is 0 Å². The van der Waals surface area contributed by atoms with Gasteiger partial charge < -0.3 is 14.8 Å². The molecule has 0 saturated heterocycles. The van der Waals surface area contributed by atoms with E-state index in [9.17, 15) is 31.5 Å². The van der Waals surface area contributed by atoms with Crippen LogP contribution in [0.2, 0.25) is 0 Å². The third-order valence-electron chi connectivity index (χ3n) is 3.16. The molecule has 2 rings (SSSR count). The highest BCUT2D eigenvalue weighted by molar-refractivity contribution is 5.96. The topological polar surface area (TPSA) is 64.6 Å². The lowest BCUT2D eigenvalue weighted by atomic mass is 10.1. The van der Waals surface area contributed by atoms with Crippen molar-refractivity contribution in [3.63, 3.8) is 0 Å². The van der Waals surface area contributed by atoms with Gasteiger partial charge in [-0.2, -0.15) is 22.0 Å². The number of rotatable bonds is 6. The number of ether oxygens (including phenoxy) is 2. The monoisotopic (exact) mass is 389 g/mol. The Hall–Kier alpha value is -3.17. The summed E-state index contributed by atoms with van der Waals surface area (Å²) < 4.78 is 72.1. The van der Waals surface area contributed by atoms with Gasteiger partial charge in [-0.1, -0.05) is 24.3 Å². The summed E-state index contributed by atoms with van der Waals surface area (Å²) >= 11 is 0.